The first-order valence-electron chi connectivity index (χ1n) is 9.53. The summed E-state index contributed by atoms with van der Waals surface area (Å²) in [5, 5.41) is 3.75. The fraction of sp³-hybridized carbons (Fsp3) is 0.632. The Balaban J connectivity index is 1.79. The Hall–Kier alpha value is -1.76. The number of amides is 1. The molecule has 7 heteroatoms. The molecule has 1 fully saturated rings. The summed E-state index contributed by atoms with van der Waals surface area (Å²) in [7, 11) is 0. The zero-order chi connectivity index (χ0) is 18.7. The number of H-pyrrole nitrogens is 1. The Kier molecular flexibility index (Phi) is 6.06. The van der Waals surface area contributed by atoms with E-state index in [-0.39, 0.29) is 23.3 Å². The first-order valence-corrected chi connectivity index (χ1v) is 10.5. The number of nitrogens with zero attached hydrogens (tertiary/aromatic N) is 2. The van der Waals surface area contributed by atoms with E-state index >= 15 is 0 Å². The monoisotopic (exact) mass is 376 g/mol. The zero-order valence-corrected chi connectivity index (χ0v) is 16.6. The number of aromatic nitrogens is 3. The minimum atomic E-state index is -0.0624. The number of carbonyl (C=O) groups excluding carboxylic acids is 1. The topological polar surface area (TPSA) is 79.8 Å². The van der Waals surface area contributed by atoms with E-state index in [9.17, 15) is 9.59 Å². The van der Waals surface area contributed by atoms with Gasteiger partial charge in [-0.1, -0.05) is 37.9 Å². The Morgan fingerprint density at radius 2 is 2.15 bits per heavy atom. The maximum Gasteiger partial charge on any atom is 0.278 e. The van der Waals surface area contributed by atoms with Crippen LogP contribution in [0, 0.1) is 6.92 Å². The number of nitrogens with one attached hydrogen (secondary N) is 2. The SMILES string of the molecule is CCC(C)n1c(SCC(=O)NC2CCCCC2)nc2cc(C)[nH]c2c1=O. The maximum atomic E-state index is 12.9. The van der Waals surface area contributed by atoms with Gasteiger partial charge in [0.1, 0.15) is 5.52 Å². The van der Waals surface area contributed by atoms with Gasteiger partial charge >= 0.3 is 0 Å². The third-order valence-corrected chi connectivity index (χ3v) is 6.07. The summed E-state index contributed by atoms with van der Waals surface area (Å²) in [4.78, 5) is 33.0. The molecular weight excluding hydrogens is 348 g/mol. The van der Waals surface area contributed by atoms with Gasteiger partial charge in [-0.25, -0.2) is 4.98 Å². The highest BCUT2D eigenvalue weighted by molar-refractivity contribution is 7.99. The number of rotatable bonds is 6. The highest BCUT2D eigenvalue weighted by atomic mass is 32.2. The third-order valence-electron chi connectivity index (χ3n) is 5.12. The van der Waals surface area contributed by atoms with Crippen LogP contribution in [-0.2, 0) is 4.79 Å². The van der Waals surface area contributed by atoms with Gasteiger partial charge < -0.3 is 10.3 Å². The van der Waals surface area contributed by atoms with Crippen molar-refractivity contribution in [2.45, 2.75) is 76.5 Å². The van der Waals surface area contributed by atoms with Crippen molar-refractivity contribution in [2.75, 3.05) is 5.75 Å². The Labute approximate surface area is 158 Å². The number of fused-ring (bicyclic) bond motifs is 1. The number of thioether (sulfide) groups is 1. The summed E-state index contributed by atoms with van der Waals surface area (Å²) < 4.78 is 1.72. The van der Waals surface area contributed by atoms with Gasteiger partial charge in [0.25, 0.3) is 5.56 Å². The van der Waals surface area contributed by atoms with Crippen molar-refractivity contribution < 1.29 is 4.79 Å². The van der Waals surface area contributed by atoms with Crippen LogP contribution in [0.5, 0.6) is 0 Å². The van der Waals surface area contributed by atoms with Crippen LogP contribution < -0.4 is 10.9 Å². The van der Waals surface area contributed by atoms with Crippen molar-refractivity contribution in [2.24, 2.45) is 0 Å². The van der Waals surface area contributed by atoms with E-state index in [4.69, 9.17) is 0 Å². The average molecular weight is 377 g/mol. The smallest absolute Gasteiger partial charge is 0.278 e. The van der Waals surface area contributed by atoms with Crippen molar-refractivity contribution in [3.8, 4) is 0 Å². The summed E-state index contributed by atoms with van der Waals surface area (Å²) in [6.45, 7) is 5.97. The summed E-state index contributed by atoms with van der Waals surface area (Å²) in [5.74, 6) is 0.311. The van der Waals surface area contributed by atoms with Crippen molar-refractivity contribution in [3.05, 3.63) is 22.1 Å². The van der Waals surface area contributed by atoms with E-state index in [0.717, 1.165) is 25.0 Å². The maximum absolute atomic E-state index is 12.9. The Bertz CT molecular complexity index is 836. The highest BCUT2D eigenvalue weighted by Gasteiger charge is 2.19. The van der Waals surface area contributed by atoms with Crippen LogP contribution in [0.2, 0.25) is 0 Å². The molecule has 1 atom stereocenters. The molecule has 2 N–H and O–H groups in total. The molecule has 1 aliphatic rings. The fourth-order valence-corrected chi connectivity index (χ4v) is 4.42. The number of aromatic amines is 1. The highest BCUT2D eigenvalue weighted by Crippen LogP contribution is 2.23. The van der Waals surface area contributed by atoms with Gasteiger partial charge in [0.2, 0.25) is 5.91 Å². The predicted molar refractivity (Wildman–Crippen MR) is 106 cm³/mol. The molecule has 1 amide bonds. The first-order chi connectivity index (χ1) is 12.5. The second-order valence-electron chi connectivity index (χ2n) is 7.23. The molecule has 1 saturated carbocycles. The third kappa shape index (κ3) is 4.14. The summed E-state index contributed by atoms with van der Waals surface area (Å²) in [6, 6.07) is 2.22. The number of hydrogen-bond donors (Lipinski definition) is 2. The molecule has 0 spiro atoms. The predicted octanol–water partition coefficient (Wildman–Crippen LogP) is 3.55. The van der Waals surface area contributed by atoms with Crippen LogP contribution in [-0.4, -0.2) is 32.2 Å². The van der Waals surface area contributed by atoms with E-state index in [1.807, 2.05) is 26.8 Å². The van der Waals surface area contributed by atoms with Gasteiger partial charge in [0.05, 0.1) is 11.3 Å². The van der Waals surface area contributed by atoms with E-state index < -0.39 is 0 Å². The van der Waals surface area contributed by atoms with Gasteiger partial charge in [0.15, 0.2) is 5.16 Å². The van der Waals surface area contributed by atoms with Crippen molar-refractivity contribution in [3.63, 3.8) is 0 Å². The van der Waals surface area contributed by atoms with Crippen LogP contribution in [0.3, 0.4) is 0 Å². The molecule has 0 aromatic carbocycles. The fourth-order valence-electron chi connectivity index (χ4n) is 3.51. The number of hydrogen-bond acceptors (Lipinski definition) is 4. The lowest BCUT2D eigenvalue weighted by molar-refractivity contribution is -0.119. The van der Waals surface area contributed by atoms with Gasteiger partial charge in [-0.2, -0.15) is 0 Å². The Morgan fingerprint density at radius 1 is 1.42 bits per heavy atom. The quantitative estimate of drug-likeness (QED) is 0.597. The molecule has 1 aliphatic carbocycles. The molecule has 142 valence electrons. The molecule has 2 aromatic heterocycles. The van der Waals surface area contributed by atoms with E-state index in [1.165, 1.54) is 31.0 Å². The van der Waals surface area contributed by atoms with Crippen LogP contribution in [0.1, 0.15) is 64.1 Å². The molecule has 2 aromatic rings. The summed E-state index contributed by atoms with van der Waals surface area (Å²) >= 11 is 1.35. The lowest BCUT2D eigenvalue weighted by atomic mass is 9.95. The second kappa shape index (κ2) is 8.29. The van der Waals surface area contributed by atoms with E-state index in [1.54, 1.807) is 4.57 Å². The standard InChI is InChI=1S/C19H28N4O2S/c1-4-13(3)23-18(25)17-15(10-12(2)20-17)22-19(23)26-11-16(24)21-14-8-6-5-7-9-14/h10,13-14,20H,4-9,11H2,1-3H3,(H,21,24). The molecule has 0 radical (unpaired) electrons. The molecule has 0 aliphatic heterocycles. The van der Waals surface area contributed by atoms with Gasteiger partial charge in [-0.05, 0) is 39.2 Å². The summed E-state index contributed by atoms with van der Waals surface area (Å²) in [5.41, 5.74) is 2.06. The van der Waals surface area contributed by atoms with Crippen LogP contribution in [0.15, 0.2) is 16.0 Å². The Morgan fingerprint density at radius 3 is 2.85 bits per heavy atom. The summed E-state index contributed by atoms with van der Waals surface area (Å²) in [6.07, 6.45) is 6.62. The van der Waals surface area contributed by atoms with Crippen LogP contribution in [0.25, 0.3) is 11.0 Å². The molecule has 3 rings (SSSR count). The minimum Gasteiger partial charge on any atom is -0.353 e. The van der Waals surface area contributed by atoms with Crippen molar-refractivity contribution in [1.29, 1.82) is 0 Å². The largest absolute Gasteiger partial charge is 0.353 e. The average Bonchev–Trinajstić information content (AvgIpc) is 3.01. The normalized spacial score (nSPS) is 16.7. The van der Waals surface area contributed by atoms with Crippen LogP contribution in [0.4, 0.5) is 0 Å². The van der Waals surface area contributed by atoms with E-state index in [2.05, 4.69) is 15.3 Å². The molecular formula is C19H28N4O2S. The van der Waals surface area contributed by atoms with Gasteiger partial charge in [-0.3, -0.25) is 14.2 Å². The molecule has 0 saturated heterocycles. The van der Waals surface area contributed by atoms with Gasteiger partial charge in [-0.15, -0.1) is 0 Å². The molecule has 1 unspecified atom stereocenters. The van der Waals surface area contributed by atoms with Crippen molar-refractivity contribution >= 4 is 28.7 Å². The minimum absolute atomic E-state index is 0.0252. The molecule has 26 heavy (non-hydrogen) atoms. The lowest BCUT2D eigenvalue weighted by Crippen LogP contribution is -2.37. The van der Waals surface area contributed by atoms with Crippen molar-refractivity contribution in [1.82, 2.24) is 19.9 Å². The number of aryl methyl sites for hydroxylation is 1. The van der Waals surface area contributed by atoms with Gasteiger partial charge in [0, 0.05) is 17.8 Å². The lowest BCUT2D eigenvalue weighted by Gasteiger charge is -2.23. The molecule has 0 bridgehead atoms. The number of carbonyl (C=O) groups is 1. The molecule has 6 nitrogen and oxygen atoms in total. The van der Waals surface area contributed by atoms with E-state index in [0.29, 0.717) is 22.2 Å². The first kappa shape index (κ1) is 19.0. The van der Waals surface area contributed by atoms with Crippen LogP contribution >= 0.6 is 11.8 Å². The zero-order valence-electron chi connectivity index (χ0n) is 15.8. The molecule has 2 heterocycles. The second-order valence-corrected chi connectivity index (χ2v) is 8.17.